The molecule has 3 heterocycles. The number of aliphatic hydroxyl groups is 1. The molecule has 0 spiro atoms. The van der Waals surface area contributed by atoms with Crippen LogP contribution in [0.1, 0.15) is 25.7 Å². The lowest BCUT2D eigenvalue weighted by Gasteiger charge is -2.38. The Morgan fingerprint density at radius 1 is 1.37 bits per heavy atom. The zero-order chi connectivity index (χ0) is 13.6. The van der Waals surface area contributed by atoms with E-state index in [9.17, 15) is 15.2 Å². The highest BCUT2D eigenvalue weighted by Gasteiger charge is 2.41. The Morgan fingerprint density at radius 2 is 2.00 bits per heavy atom. The molecule has 2 aliphatic heterocycles. The average molecular weight is 284 g/mol. The minimum Gasteiger partial charge on any atom is -0.393 e. The maximum Gasteiger partial charge on any atom is 0.276 e. The van der Waals surface area contributed by atoms with Crippen LogP contribution in [0.15, 0.2) is 12.1 Å². The molecule has 1 aromatic heterocycles. The van der Waals surface area contributed by atoms with Crippen molar-refractivity contribution in [3.05, 3.63) is 27.4 Å². The van der Waals surface area contributed by atoms with Gasteiger partial charge in [0.15, 0.2) is 0 Å². The molecule has 0 aliphatic carbocycles. The monoisotopic (exact) mass is 283 g/mol. The van der Waals surface area contributed by atoms with Gasteiger partial charge in [0.1, 0.15) is 11.0 Å². The Hall–Kier alpha value is -1.40. The van der Waals surface area contributed by atoms with Crippen LogP contribution in [0.2, 0.25) is 5.15 Å². The van der Waals surface area contributed by atoms with Gasteiger partial charge in [-0.1, -0.05) is 11.6 Å². The van der Waals surface area contributed by atoms with Crippen LogP contribution >= 0.6 is 11.6 Å². The molecule has 102 valence electrons. The van der Waals surface area contributed by atoms with Gasteiger partial charge in [0, 0.05) is 12.1 Å². The minimum absolute atomic E-state index is 0.0412. The SMILES string of the molecule is O=[N+]([O-])c1cc(Cl)nc(N2C3CCC2CC(O)C3)c1. The van der Waals surface area contributed by atoms with Gasteiger partial charge in [-0.2, -0.15) is 0 Å². The van der Waals surface area contributed by atoms with Crippen molar-refractivity contribution >= 4 is 23.1 Å². The molecule has 1 N–H and O–H groups in total. The smallest absolute Gasteiger partial charge is 0.276 e. The van der Waals surface area contributed by atoms with Crippen LogP contribution in [0.5, 0.6) is 0 Å². The molecule has 2 unspecified atom stereocenters. The normalized spacial score (nSPS) is 29.6. The van der Waals surface area contributed by atoms with Crippen molar-refractivity contribution in [1.29, 1.82) is 0 Å². The molecule has 2 fully saturated rings. The largest absolute Gasteiger partial charge is 0.393 e. The molecule has 19 heavy (non-hydrogen) atoms. The third-order valence-corrected chi connectivity index (χ3v) is 4.14. The van der Waals surface area contributed by atoms with Crippen molar-refractivity contribution < 1.29 is 10.0 Å². The van der Waals surface area contributed by atoms with E-state index in [1.807, 2.05) is 0 Å². The van der Waals surface area contributed by atoms with Crippen molar-refractivity contribution in [3.8, 4) is 0 Å². The number of fused-ring (bicyclic) bond motifs is 2. The summed E-state index contributed by atoms with van der Waals surface area (Å²) >= 11 is 5.87. The summed E-state index contributed by atoms with van der Waals surface area (Å²) in [5.74, 6) is 0.554. The first-order chi connectivity index (χ1) is 9.04. The summed E-state index contributed by atoms with van der Waals surface area (Å²) in [5, 5.41) is 20.8. The Balaban J connectivity index is 1.96. The standard InChI is InChI=1S/C12H14ClN3O3/c13-11-5-9(16(18)19)6-12(14-11)15-7-1-2-8(15)4-10(17)3-7/h5-8,10,17H,1-4H2. The third kappa shape index (κ3) is 2.26. The van der Waals surface area contributed by atoms with Crippen LogP contribution in [0.3, 0.4) is 0 Å². The Labute approximate surface area is 115 Å². The van der Waals surface area contributed by atoms with E-state index in [2.05, 4.69) is 9.88 Å². The fourth-order valence-corrected chi connectivity index (χ4v) is 3.43. The first-order valence-electron chi connectivity index (χ1n) is 6.33. The highest BCUT2D eigenvalue weighted by Crippen LogP contribution is 2.39. The van der Waals surface area contributed by atoms with Crippen molar-refractivity contribution in [2.24, 2.45) is 0 Å². The zero-order valence-corrected chi connectivity index (χ0v) is 11.0. The third-order valence-electron chi connectivity index (χ3n) is 3.95. The second-order valence-corrected chi connectivity index (χ2v) is 5.57. The lowest BCUT2D eigenvalue weighted by atomic mass is 10.00. The van der Waals surface area contributed by atoms with E-state index >= 15 is 0 Å². The zero-order valence-electron chi connectivity index (χ0n) is 10.2. The van der Waals surface area contributed by atoms with Gasteiger partial charge in [-0.15, -0.1) is 0 Å². The molecule has 6 nitrogen and oxygen atoms in total. The van der Waals surface area contributed by atoms with E-state index in [4.69, 9.17) is 11.6 Å². The molecule has 7 heteroatoms. The molecule has 3 rings (SSSR count). The number of aliphatic hydroxyl groups excluding tert-OH is 1. The van der Waals surface area contributed by atoms with Gasteiger partial charge in [-0.05, 0) is 25.7 Å². The fraction of sp³-hybridized carbons (Fsp3) is 0.583. The number of aromatic nitrogens is 1. The molecule has 0 amide bonds. The summed E-state index contributed by atoms with van der Waals surface area (Å²) in [6, 6.07) is 3.14. The minimum atomic E-state index is -0.461. The summed E-state index contributed by atoms with van der Waals surface area (Å²) < 4.78 is 0. The number of pyridine rings is 1. The lowest BCUT2D eigenvalue weighted by Crippen LogP contribution is -2.45. The Bertz CT molecular complexity index is 511. The topological polar surface area (TPSA) is 79.5 Å². The molecule has 2 bridgehead atoms. The lowest BCUT2D eigenvalue weighted by molar-refractivity contribution is -0.384. The van der Waals surface area contributed by atoms with Crippen LogP contribution in [0, 0.1) is 10.1 Å². The second kappa shape index (κ2) is 4.61. The van der Waals surface area contributed by atoms with E-state index in [-0.39, 0.29) is 29.0 Å². The van der Waals surface area contributed by atoms with Gasteiger partial charge in [0.05, 0.1) is 23.2 Å². The quantitative estimate of drug-likeness (QED) is 0.511. The summed E-state index contributed by atoms with van der Waals surface area (Å²) in [5.41, 5.74) is -0.0412. The second-order valence-electron chi connectivity index (χ2n) is 5.18. The first-order valence-corrected chi connectivity index (χ1v) is 6.71. The number of nitrogens with zero attached hydrogens (tertiary/aromatic N) is 3. The van der Waals surface area contributed by atoms with E-state index in [0.29, 0.717) is 18.7 Å². The summed E-state index contributed by atoms with van der Waals surface area (Å²) in [7, 11) is 0. The van der Waals surface area contributed by atoms with Crippen molar-refractivity contribution in [3.63, 3.8) is 0 Å². The Kier molecular flexibility index (Phi) is 3.06. The predicted octanol–water partition coefficient (Wildman–Crippen LogP) is 2.14. The predicted molar refractivity (Wildman–Crippen MR) is 70.4 cm³/mol. The van der Waals surface area contributed by atoms with Crippen molar-refractivity contribution in [2.75, 3.05) is 4.90 Å². The summed E-state index contributed by atoms with van der Waals surface area (Å²) in [4.78, 5) is 16.7. The molecule has 2 aliphatic rings. The van der Waals surface area contributed by atoms with Crippen LogP contribution in [-0.2, 0) is 0 Å². The maximum absolute atomic E-state index is 10.9. The number of halogens is 1. The molecule has 0 saturated carbocycles. The average Bonchev–Trinajstić information content (AvgIpc) is 2.61. The number of piperidine rings is 1. The molecular weight excluding hydrogens is 270 g/mol. The highest BCUT2D eigenvalue weighted by molar-refractivity contribution is 6.29. The van der Waals surface area contributed by atoms with Crippen LogP contribution in [0.4, 0.5) is 11.5 Å². The number of hydrogen-bond donors (Lipinski definition) is 1. The van der Waals surface area contributed by atoms with Gasteiger partial charge < -0.3 is 10.0 Å². The van der Waals surface area contributed by atoms with Crippen molar-refractivity contribution in [1.82, 2.24) is 4.98 Å². The molecule has 2 atom stereocenters. The molecule has 0 radical (unpaired) electrons. The van der Waals surface area contributed by atoms with Crippen molar-refractivity contribution in [2.45, 2.75) is 43.9 Å². The molecule has 2 saturated heterocycles. The number of hydrogen-bond acceptors (Lipinski definition) is 5. The van der Waals surface area contributed by atoms with Gasteiger partial charge in [0.2, 0.25) is 0 Å². The molecular formula is C12H14ClN3O3. The fourth-order valence-electron chi connectivity index (χ4n) is 3.23. The number of anilines is 1. The van der Waals surface area contributed by atoms with Crippen LogP contribution in [-0.4, -0.2) is 33.2 Å². The number of rotatable bonds is 2. The summed E-state index contributed by atoms with van der Waals surface area (Å²) in [6.07, 6.45) is 3.09. The summed E-state index contributed by atoms with van der Waals surface area (Å²) in [6.45, 7) is 0. The van der Waals surface area contributed by atoms with Gasteiger partial charge >= 0.3 is 0 Å². The highest BCUT2D eigenvalue weighted by atomic mass is 35.5. The molecule has 0 aromatic carbocycles. The van der Waals surface area contributed by atoms with E-state index in [1.54, 1.807) is 0 Å². The van der Waals surface area contributed by atoms with E-state index < -0.39 is 4.92 Å². The van der Waals surface area contributed by atoms with Gasteiger partial charge in [-0.3, -0.25) is 10.1 Å². The number of nitro groups is 1. The first kappa shape index (κ1) is 12.6. The van der Waals surface area contributed by atoms with E-state index in [1.165, 1.54) is 12.1 Å². The van der Waals surface area contributed by atoms with Crippen LogP contribution < -0.4 is 4.90 Å². The van der Waals surface area contributed by atoms with Crippen LogP contribution in [0.25, 0.3) is 0 Å². The molecule has 1 aromatic rings. The van der Waals surface area contributed by atoms with Gasteiger partial charge in [-0.25, -0.2) is 4.98 Å². The van der Waals surface area contributed by atoms with E-state index in [0.717, 1.165) is 12.8 Å². The maximum atomic E-state index is 10.9. The Morgan fingerprint density at radius 3 is 2.58 bits per heavy atom. The van der Waals surface area contributed by atoms with Gasteiger partial charge in [0.25, 0.3) is 5.69 Å².